The molecule has 0 saturated heterocycles. The first-order valence-corrected chi connectivity index (χ1v) is 16.7. The number of aromatic nitrogens is 3. The molecule has 0 atom stereocenters. The van der Waals surface area contributed by atoms with Gasteiger partial charge < -0.3 is 9.55 Å². The Morgan fingerprint density at radius 3 is 2.10 bits per heavy atom. The first-order chi connectivity index (χ1) is 25.8. The predicted octanol–water partition coefficient (Wildman–Crippen LogP) is 11.9. The standard InChI is InChI=1S/C33H21N2S.C12H10N.Ir/c1-3-12-23(13-4-1)25-17-11-18-26(24-14-5-2-6-15-24)32(25)35-30-20-9-8-19-29(30)34-33(35)28-22-36-31-21-10-7-16-27(28)31;1-10-7-8-12(13-9-10)11-5-3-2-4-6-11;/h1-21H;2-5,7-9H,1H3;/q2*-1;/i7D;1D3;. The van der Waals surface area contributed by atoms with E-state index < -0.39 is 6.85 Å². The zero-order chi connectivity index (χ0) is 36.4. The molecule has 0 spiro atoms. The molecular weight excluding hydrogens is 807 g/mol. The van der Waals surface area contributed by atoms with Crippen LogP contribution in [0.1, 0.15) is 11.0 Å². The summed E-state index contributed by atoms with van der Waals surface area (Å²) in [6.07, 6.45) is 1.39. The van der Waals surface area contributed by atoms with Crippen molar-refractivity contribution in [3.05, 3.63) is 187 Å². The van der Waals surface area contributed by atoms with E-state index in [1.807, 2.05) is 54.6 Å². The van der Waals surface area contributed by atoms with Gasteiger partial charge in [0.2, 0.25) is 0 Å². The van der Waals surface area contributed by atoms with Crippen LogP contribution >= 0.6 is 11.3 Å². The van der Waals surface area contributed by atoms with E-state index in [1.54, 1.807) is 29.5 Å². The van der Waals surface area contributed by atoms with Gasteiger partial charge in [-0.3, -0.25) is 16.3 Å². The van der Waals surface area contributed by atoms with E-state index in [0.29, 0.717) is 6.04 Å². The van der Waals surface area contributed by atoms with Gasteiger partial charge in [0.25, 0.3) is 0 Å². The Bertz CT molecular complexity index is 2600. The summed E-state index contributed by atoms with van der Waals surface area (Å²) in [7, 11) is 0. The van der Waals surface area contributed by atoms with E-state index in [9.17, 15) is 0 Å². The van der Waals surface area contributed by atoms with Crippen molar-refractivity contribution in [3.63, 3.8) is 0 Å². The monoisotopic (exact) mass is 842 g/mol. The molecule has 0 fully saturated rings. The molecule has 0 bridgehead atoms. The summed E-state index contributed by atoms with van der Waals surface area (Å²) in [6, 6.07) is 55.9. The average Bonchev–Trinajstić information content (AvgIpc) is 3.79. The Hall–Kier alpha value is -5.45. The number of fused-ring (bicyclic) bond motifs is 2. The fourth-order valence-corrected chi connectivity index (χ4v) is 6.86. The van der Waals surface area contributed by atoms with Gasteiger partial charge in [-0.2, -0.15) is 0 Å². The van der Waals surface area contributed by atoms with Crippen LogP contribution in [0.15, 0.2) is 170 Å². The molecule has 0 aliphatic rings. The second kappa shape index (κ2) is 15.0. The predicted molar refractivity (Wildman–Crippen MR) is 205 cm³/mol. The molecule has 0 saturated carbocycles. The fourth-order valence-electron chi connectivity index (χ4n) is 6.04. The number of hydrogen-bond donors (Lipinski definition) is 0. The van der Waals surface area contributed by atoms with Crippen LogP contribution in [0, 0.1) is 18.3 Å². The number of benzene rings is 6. The summed E-state index contributed by atoms with van der Waals surface area (Å²) < 4.78 is 33.3. The summed E-state index contributed by atoms with van der Waals surface area (Å²) >= 11 is 1.57. The number of hydrogen-bond acceptors (Lipinski definition) is 3. The minimum absolute atomic E-state index is 0. The summed E-state index contributed by atoms with van der Waals surface area (Å²) in [6.45, 7) is -2.09. The van der Waals surface area contributed by atoms with Crippen LogP contribution in [0.25, 0.3) is 71.7 Å². The molecule has 0 aliphatic heterocycles. The van der Waals surface area contributed by atoms with E-state index in [4.69, 9.17) is 10.5 Å². The van der Waals surface area contributed by atoms with E-state index in [2.05, 4.69) is 106 Å². The number of aryl methyl sites for hydroxylation is 1. The smallest absolute Gasteiger partial charge is 0.0774 e. The van der Waals surface area contributed by atoms with Crippen molar-refractivity contribution < 1.29 is 25.6 Å². The summed E-state index contributed by atoms with van der Waals surface area (Å²) in [5.41, 5.74) is 10.4. The SMILES string of the molecule is [2H]C([2H])([2H])c1ccc(-c2[c-]cccc2)nc1.[2H]c1ccc2s[c-]c(-c3nc4ccccc4n3-c3c(-c4ccccc4)cccc3-c3ccccc3)c2c1.[Ir]. The molecule has 5 heteroatoms. The van der Waals surface area contributed by atoms with Gasteiger partial charge >= 0.3 is 0 Å². The second-order valence-electron chi connectivity index (χ2n) is 11.4. The van der Waals surface area contributed by atoms with Crippen molar-refractivity contribution >= 4 is 32.5 Å². The zero-order valence-electron chi connectivity index (χ0n) is 30.7. The third kappa shape index (κ3) is 6.59. The van der Waals surface area contributed by atoms with Gasteiger partial charge in [-0.05, 0) is 41.4 Å². The molecule has 50 heavy (non-hydrogen) atoms. The van der Waals surface area contributed by atoms with Crippen molar-refractivity contribution in [2.75, 3.05) is 0 Å². The molecule has 6 aromatic carbocycles. The van der Waals surface area contributed by atoms with Crippen LogP contribution in [-0.4, -0.2) is 14.5 Å². The number of imidazole rings is 1. The molecular formula is C45H31IrN3S-2. The number of thiophene rings is 1. The third-order valence-electron chi connectivity index (χ3n) is 8.32. The topological polar surface area (TPSA) is 30.7 Å². The van der Waals surface area contributed by atoms with Crippen molar-refractivity contribution in [2.24, 2.45) is 0 Å². The number of pyridine rings is 1. The maximum absolute atomic E-state index is 8.26. The summed E-state index contributed by atoms with van der Waals surface area (Å²) in [5.74, 6) is 0.832. The first kappa shape index (κ1) is 28.4. The van der Waals surface area contributed by atoms with E-state index in [1.165, 1.54) is 6.20 Å². The molecule has 3 nitrogen and oxygen atoms in total. The Morgan fingerprint density at radius 2 is 1.42 bits per heavy atom. The zero-order valence-corrected chi connectivity index (χ0v) is 29.9. The largest absolute Gasteiger partial charge is 0.332 e. The van der Waals surface area contributed by atoms with Gasteiger partial charge in [-0.25, -0.2) is 0 Å². The average molecular weight is 842 g/mol. The van der Waals surface area contributed by atoms with Crippen molar-refractivity contribution in [1.29, 1.82) is 0 Å². The fraction of sp³-hybridized carbons (Fsp3) is 0.0222. The quantitative estimate of drug-likeness (QED) is 0.162. The molecule has 0 amide bonds. The molecule has 243 valence electrons. The Balaban J connectivity index is 0.000000223. The molecule has 9 rings (SSSR count). The van der Waals surface area contributed by atoms with Crippen LogP contribution in [-0.2, 0) is 20.1 Å². The molecule has 3 aromatic heterocycles. The van der Waals surface area contributed by atoms with Crippen molar-refractivity contribution in [1.82, 2.24) is 14.5 Å². The van der Waals surface area contributed by atoms with Crippen LogP contribution in [0.2, 0.25) is 0 Å². The van der Waals surface area contributed by atoms with Crippen LogP contribution in [0.4, 0.5) is 0 Å². The molecule has 9 aromatic rings. The number of nitrogens with zero attached hydrogens (tertiary/aromatic N) is 3. The van der Waals surface area contributed by atoms with E-state index >= 15 is 0 Å². The van der Waals surface area contributed by atoms with Crippen LogP contribution in [0.5, 0.6) is 0 Å². The second-order valence-corrected chi connectivity index (χ2v) is 12.3. The third-order valence-corrected chi connectivity index (χ3v) is 9.20. The Labute approximate surface area is 315 Å². The summed E-state index contributed by atoms with van der Waals surface area (Å²) in [4.78, 5) is 9.28. The van der Waals surface area contributed by atoms with E-state index in [-0.39, 0.29) is 25.7 Å². The Kier molecular flexibility index (Phi) is 8.51. The van der Waals surface area contributed by atoms with Crippen LogP contribution < -0.4 is 0 Å². The van der Waals surface area contributed by atoms with Gasteiger partial charge in [-0.1, -0.05) is 137 Å². The van der Waals surface area contributed by atoms with Gasteiger partial charge in [-0.15, -0.1) is 47.3 Å². The van der Waals surface area contributed by atoms with Gasteiger partial charge in [0, 0.05) is 41.5 Å². The maximum Gasteiger partial charge on any atom is 0.0774 e. The number of rotatable bonds is 5. The number of para-hydroxylation sites is 3. The molecule has 1 radical (unpaired) electrons. The van der Waals surface area contributed by atoms with Gasteiger partial charge in [0.1, 0.15) is 0 Å². The normalized spacial score (nSPS) is 12.2. The van der Waals surface area contributed by atoms with Gasteiger partial charge in [0.15, 0.2) is 0 Å². The minimum atomic E-state index is -2.09. The van der Waals surface area contributed by atoms with Crippen molar-refractivity contribution in [3.8, 4) is 50.6 Å². The maximum atomic E-state index is 8.26. The van der Waals surface area contributed by atoms with E-state index in [0.717, 1.165) is 71.7 Å². The molecule has 0 aliphatic carbocycles. The minimum Gasteiger partial charge on any atom is -0.332 e. The molecule has 0 unspecified atom stereocenters. The Morgan fingerprint density at radius 1 is 0.700 bits per heavy atom. The molecule has 3 heterocycles. The molecule has 0 N–H and O–H groups in total. The first-order valence-electron chi connectivity index (χ1n) is 17.9. The summed E-state index contributed by atoms with van der Waals surface area (Å²) in [5, 5.41) is 4.53. The van der Waals surface area contributed by atoms with Gasteiger partial charge in [0.05, 0.1) is 23.9 Å². The van der Waals surface area contributed by atoms with Crippen LogP contribution in [0.3, 0.4) is 0 Å². The van der Waals surface area contributed by atoms with Crippen molar-refractivity contribution in [2.45, 2.75) is 6.85 Å².